The van der Waals surface area contributed by atoms with Gasteiger partial charge in [-0.1, -0.05) is 18.2 Å². The second-order valence-corrected chi connectivity index (χ2v) is 4.24. The highest BCUT2D eigenvalue weighted by molar-refractivity contribution is 5.66. The lowest BCUT2D eigenvalue weighted by atomic mass is 9.99. The van der Waals surface area contributed by atoms with Crippen LogP contribution in [0.4, 0.5) is 22.0 Å². The van der Waals surface area contributed by atoms with E-state index in [0.717, 1.165) is 5.56 Å². The van der Waals surface area contributed by atoms with E-state index in [1.54, 1.807) is 19.9 Å². The summed E-state index contributed by atoms with van der Waals surface area (Å²) < 4.78 is 66.3. The molecule has 0 heterocycles. The van der Waals surface area contributed by atoms with Gasteiger partial charge < -0.3 is 0 Å². The highest BCUT2D eigenvalue weighted by Crippen LogP contribution is 2.32. The smallest absolute Gasteiger partial charge is 0.200 e. The van der Waals surface area contributed by atoms with Crippen molar-refractivity contribution in [3.05, 3.63) is 58.4 Å². The first kappa shape index (κ1) is 13.5. The van der Waals surface area contributed by atoms with Crippen LogP contribution in [0.25, 0.3) is 11.1 Å². The Morgan fingerprint density at radius 1 is 0.632 bits per heavy atom. The maximum Gasteiger partial charge on any atom is 0.200 e. The molecule has 2 rings (SSSR count). The Bertz CT molecular complexity index is 632. The lowest BCUT2D eigenvalue weighted by Gasteiger charge is -2.10. The van der Waals surface area contributed by atoms with Crippen LogP contribution in [-0.2, 0) is 0 Å². The molecule has 0 aliphatic heterocycles. The van der Waals surface area contributed by atoms with Gasteiger partial charge in [0, 0.05) is 0 Å². The van der Waals surface area contributed by atoms with Gasteiger partial charge in [0.05, 0.1) is 5.56 Å². The van der Waals surface area contributed by atoms with E-state index in [0.29, 0.717) is 5.56 Å². The Balaban J connectivity index is 2.79. The van der Waals surface area contributed by atoms with Crippen LogP contribution < -0.4 is 0 Å². The Kier molecular flexibility index (Phi) is 3.30. The zero-order valence-electron chi connectivity index (χ0n) is 10.1. The Labute approximate surface area is 106 Å². The molecule has 0 N–H and O–H groups in total. The first-order chi connectivity index (χ1) is 8.84. The quantitative estimate of drug-likeness (QED) is 0.402. The number of halogens is 5. The van der Waals surface area contributed by atoms with E-state index < -0.39 is 34.6 Å². The minimum atomic E-state index is -2.15. The summed E-state index contributed by atoms with van der Waals surface area (Å²) in [7, 11) is 0. The zero-order chi connectivity index (χ0) is 14.3. The van der Waals surface area contributed by atoms with Crippen LogP contribution >= 0.6 is 0 Å². The van der Waals surface area contributed by atoms with Crippen molar-refractivity contribution in [2.45, 2.75) is 13.8 Å². The van der Waals surface area contributed by atoms with Gasteiger partial charge in [0.1, 0.15) is 0 Å². The van der Waals surface area contributed by atoms with Crippen LogP contribution in [0, 0.1) is 42.9 Å². The molecule has 0 aliphatic carbocycles. The minimum absolute atomic E-state index is 0.0455. The summed E-state index contributed by atoms with van der Waals surface area (Å²) in [6.45, 7) is 3.46. The summed E-state index contributed by atoms with van der Waals surface area (Å²) in [5.41, 5.74) is 0.601. The van der Waals surface area contributed by atoms with Crippen LogP contribution in [-0.4, -0.2) is 0 Å². The standard InChI is InChI=1S/C14H9F5/c1-6-3-4-8(5-7(6)2)9-10(15)12(17)14(19)13(18)11(9)16/h3-5H,1-2H3. The molecule has 0 spiro atoms. The SMILES string of the molecule is Cc1ccc(-c2c(F)c(F)c(F)c(F)c2F)cc1C. The Morgan fingerprint density at radius 3 is 1.58 bits per heavy atom. The van der Waals surface area contributed by atoms with Gasteiger partial charge in [0.15, 0.2) is 23.3 Å². The molecule has 5 heteroatoms. The van der Waals surface area contributed by atoms with E-state index in [1.807, 2.05) is 0 Å². The van der Waals surface area contributed by atoms with Gasteiger partial charge >= 0.3 is 0 Å². The molecule has 0 aliphatic rings. The van der Waals surface area contributed by atoms with Gasteiger partial charge in [0.25, 0.3) is 0 Å². The first-order valence-corrected chi connectivity index (χ1v) is 5.43. The van der Waals surface area contributed by atoms with E-state index in [1.165, 1.54) is 12.1 Å². The van der Waals surface area contributed by atoms with Crippen molar-refractivity contribution in [2.24, 2.45) is 0 Å². The summed E-state index contributed by atoms with van der Waals surface area (Å²) in [6.07, 6.45) is 0. The van der Waals surface area contributed by atoms with Gasteiger partial charge in [-0.3, -0.25) is 0 Å². The van der Waals surface area contributed by atoms with Gasteiger partial charge in [-0.15, -0.1) is 0 Å². The van der Waals surface area contributed by atoms with Crippen LogP contribution in [0.2, 0.25) is 0 Å². The monoisotopic (exact) mass is 272 g/mol. The number of benzene rings is 2. The molecule has 100 valence electrons. The van der Waals surface area contributed by atoms with Gasteiger partial charge in [-0.05, 0) is 30.5 Å². The fourth-order valence-electron chi connectivity index (χ4n) is 1.76. The molecule has 0 bridgehead atoms. The van der Waals surface area contributed by atoms with Crippen molar-refractivity contribution in [2.75, 3.05) is 0 Å². The Morgan fingerprint density at radius 2 is 1.11 bits per heavy atom. The molecule has 0 unspecified atom stereocenters. The van der Waals surface area contributed by atoms with Crippen LogP contribution in [0.3, 0.4) is 0 Å². The van der Waals surface area contributed by atoms with Gasteiger partial charge in [-0.2, -0.15) is 0 Å². The number of aryl methyl sites for hydroxylation is 2. The molecule has 0 radical (unpaired) electrons. The van der Waals surface area contributed by atoms with Crippen molar-refractivity contribution in [3.8, 4) is 11.1 Å². The zero-order valence-corrected chi connectivity index (χ0v) is 10.1. The summed E-state index contributed by atoms with van der Waals surface area (Å²) >= 11 is 0. The normalized spacial score (nSPS) is 10.9. The molecule has 2 aromatic rings. The van der Waals surface area contributed by atoms with E-state index in [-0.39, 0.29) is 5.56 Å². The fraction of sp³-hybridized carbons (Fsp3) is 0.143. The molecule has 0 amide bonds. The third-order valence-electron chi connectivity index (χ3n) is 3.01. The van der Waals surface area contributed by atoms with Crippen LogP contribution in [0.15, 0.2) is 18.2 Å². The molecule has 0 atom stereocenters. The molecule has 0 fully saturated rings. The fourth-order valence-corrected chi connectivity index (χ4v) is 1.76. The van der Waals surface area contributed by atoms with E-state index >= 15 is 0 Å². The second kappa shape index (κ2) is 4.64. The summed E-state index contributed by atoms with van der Waals surface area (Å²) in [6, 6.07) is 4.26. The predicted molar refractivity (Wildman–Crippen MR) is 61.1 cm³/mol. The maximum absolute atomic E-state index is 13.6. The molecule has 0 aromatic heterocycles. The summed E-state index contributed by atoms with van der Waals surface area (Å²) in [4.78, 5) is 0. The Hall–Kier alpha value is -1.91. The predicted octanol–water partition coefficient (Wildman–Crippen LogP) is 4.67. The number of hydrogen-bond acceptors (Lipinski definition) is 0. The summed E-state index contributed by atoms with van der Waals surface area (Å²) in [5, 5.41) is 0. The second-order valence-electron chi connectivity index (χ2n) is 4.24. The number of hydrogen-bond donors (Lipinski definition) is 0. The van der Waals surface area contributed by atoms with Crippen molar-refractivity contribution in [3.63, 3.8) is 0 Å². The van der Waals surface area contributed by atoms with Crippen LogP contribution in [0.1, 0.15) is 11.1 Å². The van der Waals surface area contributed by atoms with E-state index in [2.05, 4.69) is 0 Å². The highest BCUT2D eigenvalue weighted by Gasteiger charge is 2.26. The first-order valence-electron chi connectivity index (χ1n) is 5.43. The topological polar surface area (TPSA) is 0 Å². The van der Waals surface area contributed by atoms with Crippen molar-refractivity contribution < 1.29 is 22.0 Å². The highest BCUT2D eigenvalue weighted by atomic mass is 19.2. The average molecular weight is 272 g/mol. The van der Waals surface area contributed by atoms with Crippen molar-refractivity contribution in [1.29, 1.82) is 0 Å². The van der Waals surface area contributed by atoms with Crippen molar-refractivity contribution >= 4 is 0 Å². The molecule has 0 saturated carbocycles. The molecule has 0 saturated heterocycles. The van der Waals surface area contributed by atoms with Gasteiger partial charge in [0.2, 0.25) is 5.82 Å². The molecule has 0 nitrogen and oxygen atoms in total. The lowest BCUT2D eigenvalue weighted by Crippen LogP contribution is -2.04. The van der Waals surface area contributed by atoms with E-state index in [4.69, 9.17) is 0 Å². The summed E-state index contributed by atoms with van der Waals surface area (Å²) in [5.74, 6) is -9.67. The van der Waals surface area contributed by atoms with E-state index in [9.17, 15) is 22.0 Å². The van der Waals surface area contributed by atoms with Gasteiger partial charge in [-0.25, -0.2) is 22.0 Å². The third-order valence-corrected chi connectivity index (χ3v) is 3.01. The molecular weight excluding hydrogens is 263 g/mol. The third kappa shape index (κ3) is 2.09. The van der Waals surface area contributed by atoms with Crippen molar-refractivity contribution in [1.82, 2.24) is 0 Å². The molecular formula is C14H9F5. The molecule has 2 aromatic carbocycles. The minimum Gasteiger partial charge on any atom is -0.203 e. The largest absolute Gasteiger partial charge is 0.203 e. The molecule has 19 heavy (non-hydrogen) atoms. The number of rotatable bonds is 1. The average Bonchev–Trinajstić information content (AvgIpc) is 2.38. The van der Waals surface area contributed by atoms with Crippen LogP contribution in [0.5, 0.6) is 0 Å². The lowest BCUT2D eigenvalue weighted by molar-refractivity contribution is 0.381. The maximum atomic E-state index is 13.6.